The Balaban J connectivity index is 0.000000145. The Hall–Kier alpha value is -4.71. The molecular weight excluding hydrogens is 927 g/mol. The largest absolute Gasteiger partial charge is 0.500 e. The van der Waals surface area contributed by atoms with E-state index in [0.717, 1.165) is 148 Å². The summed E-state index contributed by atoms with van der Waals surface area (Å²) in [7, 11) is 0. The van der Waals surface area contributed by atoms with Gasteiger partial charge in [-0.3, -0.25) is 0 Å². The summed E-state index contributed by atoms with van der Waals surface area (Å²) in [5, 5.41) is 0. The number of ether oxygens (including phenoxy) is 10. The van der Waals surface area contributed by atoms with Gasteiger partial charge in [0, 0.05) is 69.2 Å². The predicted molar refractivity (Wildman–Crippen MR) is 288 cm³/mol. The molecule has 0 bridgehead atoms. The Morgan fingerprint density at radius 2 is 1.07 bits per heavy atom. The van der Waals surface area contributed by atoms with Gasteiger partial charge in [0.05, 0.1) is 113 Å². The van der Waals surface area contributed by atoms with Crippen LogP contribution in [0.2, 0.25) is 0 Å². The number of hydrogen-bond donors (Lipinski definition) is 0. The Labute approximate surface area is 435 Å². The van der Waals surface area contributed by atoms with Crippen LogP contribution in [0.15, 0.2) is 103 Å². The van der Waals surface area contributed by atoms with E-state index < -0.39 is 0 Å². The number of epoxide rings is 7. The van der Waals surface area contributed by atoms with Gasteiger partial charge in [-0.1, -0.05) is 63.4 Å². The van der Waals surface area contributed by atoms with E-state index in [0.29, 0.717) is 43.2 Å². The van der Waals surface area contributed by atoms with E-state index in [-0.39, 0.29) is 17.7 Å². The van der Waals surface area contributed by atoms with Gasteiger partial charge in [0.25, 0.3) is 0 Å². The number of anilines is 3. The van der Waals surface area contributed by atoms with Gasteiger partial charge in [-0.15, -0.1) is 0 Å². The van der Waals surface area contributed by atoms with Gasteiger partial charge in [0.15, 0.2) is 0 Å². The molecule has 8 aliphatic heterocycles. The molecule has 0 saturated carbocycles. The van der Waals surface area contributed by atoms with Crippen molar-refractivity contribution >= 4 is 23.0 Å². The number of likely N-dealkylation sites (N-methyl/N-ethyl adjacent to an activating group) is 1. The maximum Gasteiger partial charge on any atom is 0.211 e. The van der Waals surface area contributed by atoms with Crippen molar-refractivity contribution in [3.63, 3.8) is 0 Å². The molecule has 3 aromatic carbocycles. The Morgan fingerprint density at radius 1 is 0.644 bits per heavy atom. The van der Waals surface area contributed by atoms with Gasteiger partial charge < -0.3 is 67.0 Å². The van der Waals surface area contributed by atoms with Crippen LogP contribution in [0.5, 0.6) is 5.75 Å². The van der Waals surface area contributed by atoms with E-state index in [1.807, 2.05) is 25.1 Å². The van der Waals surface area contributed by atoms with Crippen molar-refractivity contribution in [2.24, 2.45) is 4.99 Å². The SMILES string of the molecule is C=C(C)C1=NC(C)(C)CC(C)O1.C=COCCN(CC)CC.c1cc(N(CC2CO2)CC2CO2)ccc1Cc1ccc(N(CC2CO2)CC2CO2)cc1.c1ccc(N(CC2CO2)CC2CO2)c(OCC2CO2)c1. The van der Waals surface area contributed by atoms with Gasteiger partial charge in [-0.05, 0) is 94.7 Å². The van der Waals surface area contributed by atoms with Crippen LogP contribution >= 0.6 is 0 Å². The van der Waals surface area contributed by atoms with Crippen molar-refractivity contribution < 1.29 is 47.4 Å². The third kappa shape index (κ3) is 20.2. The Kier molecular flexibility index (Phi) is 19.9. The van der Waals surface area contributed by atoms with Crippen LogP contribution in [0.3, 0.4) is 0 Å². The molecule has 8 atom stereocenters. The fourth-order valence-corrected chi connectivity index (χ4v) is 8.71. The molecule has 8 aliphatic rings. The van der Waals surface area contributed by atoms with E-state index >= 15 is 0 Å². The number of aliphatic imine (C=N–C) groups is 1. The van der Waals surface area contributed by atoms with Crippen LogP contribution in [0.1, 0.15) is 59.1 Å². The number of benzene rings is 3. The lowest BCUT2D eigenvalue weighted by atomic mass is 9.96. The minimum absolute atomic E-state index is 0.00590. The predicted octanol–water partition coefficient (Wildman–Crippen LogP) is 7.59. The van der Waals surface area contributed by atoms with Crippen molar-refractivity contribution in [1.29, 1.82) is 0 Å². The summed E-state index contributed by atoms with van der Waals surface area (Å²) in [6, 6.07) is 26.1. The van der Waals surface area contributed by atoms with Crippen LogP contribution < -0.4 is 19.4 Å². The van der Waals surface area contributed by atoms with Crippen molar-refractivity contribution in [3.8, 4) is 5.75 Å². The molecule has 0 aliphatic carbocycles. The first kappa shape index (κ1) is 54.5. The van der Waals surface area contributed by atoms with E-state index in [4.69, 9.17) is 47.4 Å². The Bertz CT molecular complexity index is 2060. The summed E-state index contributed by atoms with van der Waals surface area (Å²) < 4.78 is 54.1. The molecule has 0 aromatic heterocycles. The zero-order valence-electron chi connectivity index (χ0n) is 44.5. The van der Waals surface area contributed by atoms with E-state index in [1.165, 1.54) is 28.8 Å². The van der Waals surface area contributed by atoms with Crippen molar-refractivity contribution in [2.45, 2.75) is 109 Å². The second-order valence-corrected chi connectivity index (χ2v) is 20.9. The summed E-state index contributed by atoms with van der Waals surface area (Å²) in [5.41, 5.74) is 7.21. The molecule has 11 rings (SSSR count). The van der Waals surface area contributed by atoms with Crippen LogP contribution in [-0.4, -0.2) is 184 Å². The molecule has 8 unspecified atom stereocenters. The summed E-state index contributed by atoms with van der Waals surface area (Å²) >= 11 is 0. The van der Waals surface area contributed by atoms with Gasteiger partial charge in [0.2, 0.25) is 5.90 Å². The summed E-state index contributed by atoms with van der Waals surface area (Å²) in [5.74, 6) is 1.64. The monoisotopic (exact) mass is 1010 g/mol. The average Bonchev–Trinajstić information content (AvgIpc) is 4.17. The lowest BCUT2D eigenvalue weighted by Gasteiger charge is -2.31. The quantitative estimate of drug-likeness (QED) is 0.0421. The number of rotatable bonds is 27. The molecule has 400 valence electrons. The highest BCUT2D eigenvalue weighted by Crippen LogP contribution is 2.32. The maximum absolute atomic E-state index is 5.90. The van der Waals surface area contributed by atoms with E-state index in [2.05, 4.69) is 127 Å². The van der Waals surface area contributed by atoms with Crippen LogP contribution in [0.25, 0.3) is 0 Å². The molecule has 0 amide bonds. The molecule has 7 fully saturated rings. The van der Waals surface area contributed by atoms with E-state index in [1.54, 1.807) is 0 Å². The highest BCUT2D eigenvalue weighted by molar-refractivity contribution is 5.93. The van der Waals surface area contributed by atoms with Gasteiger partial charge in [-0.2, -0.15) is 0 Å². The van der Waals surface area contributed by atoms with Crippen molar-refractivity contribution in [2.75, 3.05) is 133 Å². The highest BCUT2D eigenvalue weighted by atomic mass is 16.6. The molecule has 3 aromatic rings. The van der Waals surface area contributed by atoms with Crippen molar-refractivity contribution in [1.82, 2.24) is 4.90 Å². The second kappa shape index (κ2) is 26.7. The summed E-state index contributed by atoms with van der Waals surface area (Å²) in [6.45, 7) is 36.1. The van der Waals surface area contributed by atoms with Gasteiger partial charge in [-0.25, -0.2) is 4.99 Å². The minimum atomic E-state index is 0.00590. The molecule has 8 heterocycles. The molecule has 0 N–H and O–H groups in total. The lowest BCUT2D eigenvalue weighted by molar-refractivity contribution is 0.145. The fraction of sp³-hybridized carbons (Fsp3) is 0.603. The first-order valence-corrected chi connectivity index (χ1v) is 26.7. The average molecular weight is 1010 g/mol. The number of nitrogens with zero attached hydrogens (tertiary/aromatic N) is 5. The maximum atomic E-state index is 5.90. The van der Waals surface area contributed by atoms with Gasteiger partial charge >= 0.3 is 0 Å². The smallest absolute Gasteiger partial charge is 0.211 e. The lowest BCUT2D eigenvalue weighted by Crippen LogP contribution is -2.34. The van der Waals surface area contributed by atoms with Crippen molar-refractivity contribution in [3.05, 3.63) is 109 Å². The number of hydrogen-bond acceptors (Lipinski definition) is 15. The summed E-state index contributed by atoms with van der Waals surface area (Å²) in [6.07, 6.45) is 6.18. The van der Waals surface area contributed by atoms with Crippen LogP contribution in [-0.2, 0) is 49.1 Å². The zero-order valence-corrected chi connectivity index (χ0v) is 44.5. The summed E-state index contributed by atoms with van der Waals surface area (Å²) in [4.78, 5) is 13.9. The fourth-order valence-electron chi connectivity index (χ4n) is 8.71. The molecule has 0 radical (unpaired) electrons. The second-order valence-electron chi connectivity index (χ2n) is 20.9. The first-order chi connectivity index (χ1) is 35.4. The third-order valence-corrected chi connectivity index (χ3v) is 13.4. The van der Waals surface area contributed by atoms with Gasteiger partial charge in [0.1, 0.15) is 18.5 Å². The highest BCUT2D eigenvalue weighted by Gasteiger charge is 2.34. The molecule has 15 nitrogen and oxygen atoms in total. The van der Waals surface area contributed by atoms with E-state index in [9.17, 15) is 0 Å². The minimum Gasteiger partial charge on any atom is -0.500 e. The van der Waals surface area contributed by atoms with Crippen LogP contribution in [0, 0.1) is 0 Å². The molecule has 7 saturated heterocycles. The Morgan fingerprint density at radius 3 is 1.45 bits per heavy atom. The number of para-hydroxylation sites is 2. The standard InChI is InChI=1S/C25H30N2O4.C15H19NO4.C10H17NO.C8H17NO/c1-5-20(26(10-22-14-28-22)11-23-15-29-23)6-2-18(1)9-19-3-7-21(8-4-19)27(12-24-16-30-24)13-25-17-31-25;1-2-4-15(20-10-13-9-19-13)14(3-1)16(5-11-7-17-11)6-12-8-18-12;1-7(2)9-11-10(4,5)6-8(3)12-9;1-4-9(5-2)7-8-10-6-3/h1-8,22-25H,9-17H2;1-4,11-13H,5-10H2;8H,1,6H2,2-5H3;6H,3-5,7-8H2,1-2H3. The molecule has 73 heavy (non-hydrogen) atoms. The molecular formula is C58H83N5O10. The molecule has 15 heteroatoms. The topological polar surface area (TPSA) is 141 Å². The molecule has 0 spiro atoms. The zero-order chi connectivity index (χ0) is 51.2. The normalized spacial score (nSPS) is 25.8. The third-order valence-electron chi connectivity index (χ3n) is 13.4. The van der Waals surface area contributed by atoms with Crippen LogP contribution in [0.4, 0.5) is 17.1 Å². The first-order valence-electron chi connectivity index (χ1n) is 26.7.